The second-order valence-electron chi connectivity index (χ2n) is 15.6. The Morgan fingerprint density at radius 2 is 0.868 bits per heavy atom. The van der Waals surface area contributed by atoms with Crippen LogP contribution >= 0.6 is 0 Å². The van der Waals surface area contributed by atoms with Crippen molar-refractivity contribution in [2.45, 2.75) is 221 Å². The largest absolute Gasteiger partial charge is 0.252 e. The molecule has 0 saturated carbocycles. The second kappa shape index (κ2) is 34.7. The molecule has 2 nitrogen and oxygen atoms in total. The smallest absolute Gasteiger partial charge is 0.0636 e. The van der Waals surface area contributed by atoms with E-state index < -0.39 is 0 Å². The Hall–Kier alpha value is -1.82. The molecule has 0 N–H and O–H groups in total. The summed E-state index contributed by atoms with van der Waals surface area (Å²) in [6.07, 6.45) is 42.4. The molecular weight excluding hydrogens is 735 g/mol. The molecule has 0 heterocycles. The predicted octanol–water partition coefficient (Wildman–Crippen LogP) is 17.3. The fourth-order valence-electron chi connectivity index (χ4n) is 7.29. The van der Waals surface area contributed by atoms with Crippen molar-refractivity contribution in [3.05, 3.63) is 65.2 Å². The topological polar surface area (TPSA) is 24.7 Å². The maximum absolute atomic E-state index is 5.36. The van der Waals surface area contributed by atoms with E-state index in [4.69, 9.17) is 9.98 Å². The molecule has 0 radical (unpaired) electrons. The minimum absolute atomic E-state index is 0. The molecule has 0 bridgehead atoms. The average Bonchev–Trinajstić information content (AvgIpc) is 3.16. The summed E-state index contributed by atoms with van der Waals surface area (Å²) in [5.74, 6) is 0. The van der Waals surface area contributed by atoms with Gasteiger partial charge in [-0.1, -0.05) is 200 Å². The molecular formula is C50H82N2Pd. The quantitative estimate of drug-likeness (QED) is 0.0389. The van der Waals surface area contributed by atoms with Crippen molar-refractivity contribution in [1.29, 1.82) is 0 Å². The fourth-order valence-corrected chi connectivity index (χ4v) is 7.29. The molecule has 0 unspecified atom stereocenters. The van der Waals surface area contributed by atoms with E-state index in [0.717, 1.165) is 43.5 Å². The van der Waals surface area contributed by atoms with Gasteiger partial charge in [0.25, 0.3) is 0 Å². The summed E-state index contributed by atoms with van der Waals surface area (Å²) in [6.45, 7) is 11.4. The van der Waals surface area contributed by atoms with Gasteiger partial charge in [-0.15, -0.1) is 0 Å². The van der Waals surface area contributed by atoms with Gasteiger partial charge < -0.3 is 0 Å². The van der Waals surface area contributed by atoms with Crippen LogP contribution in [0.3, 0.4) is 0 Å². The Labute approximate surface area is 343 Å². The third-order valence-corrected chi connectivity index (χ3v) is 10.6. The summed E-state index contributed by atoms with van der Waals surface area (Å²) in [5.41, 5.74) is 8.79. The van der Waals surface area contributed by atoms with Crippen LogP contribution in [0.15, 0.2) is 58.5 Å². The first kappa shape index (κ1) is 49.2. The summed E-state index contributed by atoms with van der Waals surface area (Å²) in [5, 5.41) is 0. The number of hydrogen-bond acceptors (Lipinski definition) is 2. The third kappa shape index (κ3) is 24.3. The van der Waals surface area contributed by atoms with Crippen LogP contribution in [0, 0.1) is 0 Å². The van der Waals surface area contributed by atoms with E-state index in [1.807, 2.05) is 0 Å². The van der Waals surface area contributed by atoms with E-state index in [2.05, 4.69) is 89.2 Å². The van der Waals surface area contributed by atoms with Crippen LogP contribution in [0.5, 0.6) is 0 Å². The first-order chi connectivity index (χ1) is 25.6. The minimum atomic E-state index is 0. The first-order valence-electron chi connectivity index (χ1n) is 22.7. The molecule has 0 aromatic heterocycles. The zero-order valence-corrected chi connectivity index (χ0v) is 37.0. The van der Waals surface area contributed by atoms with E-state index in [1.54, 1.807) is 0 Å². The van der Waals surface area contributed by atoms with E-state index >= 15 is 0 Å². The number of rotatable bonds is 33. The van der Waals surface area contributed by atoms with Gasteiger partial charge in [0.1, 0.15) is 0 Å². The Bertz CT molecular complexity index is 1220. The molecule has 0 saturated heterocycles. The molecule has 0 aliphatic heterocycles. The van der Waals surface area contributed by atoms with Crippen LogP contribution < -0.4 is 0 Å². The molecule has 2 rings (SSSR count). The van der Waals surface area contributed by atoms with Crippen molar-refractivity contribution in [3.8, 4) is 0 Å². The van der Waals surface area contributed by atoms with Crippen LogP contribution in [0.25, 0.3) is 6.08 Å². The second-order valence-corrected chi connectivity index (χ2v) is 15.6. The van der Waals surface area contributed by atoms with Crippen molar-refractivity contribution in [2.75, 3.05) is 0 Å². The predicted molar refractivity (Wildman–Crippen MR) is 237 cm³/mol. The van der Waals surface area contributed by atoms with E-state index in [1.165, 1.54) is 182 Å². The Morgan fingerprint density at radius 3 is 1.40 bits per heavy atom. The van der Waals surface area contributed by atoms with Gasteiger partial charge in [0.05, 0.1) is 22.8 Å². The molecule has 2 aromatic rings. The molecule has 0 aliphatic rings. The SMILES string of the molecule is CCCCCCCCCCCCCCCCC=Cc1ccc(N=C(CCCCCCCC)C(CCCC)=Nc2ccc(CCC)c(CCC)c2)cc1.[Pd]. The van der Waals surface area contributed by atoms with Gasteiger partial charge in [0.2, 0.25) is 0 Å². The van der Waals surface area contributed by atoms with Gasteiger partial charge in [-0.05, 0) is 92.3 Å². The van der Waals surface area contributed by atoms with Crippen LogP contribution in [0.2, 0.25) is 0 Å². The molecule has 0 aliphatic carbocycles. The van der Waals surface area contributed by atoms with Gasteiger partial charge in [-0.2, -0.15) is 0 Å². The summed E-state index contributed by atoms with van der Waals surface area (Å²) in [6, 6.07) is 15.9. The molecule has 0 spiro atoms. The van der Waals surface area contributed by atoms with Gasteiger partial charge in [0, 0.05) is 20.4 Å². The summed E-state index contributed by atoms with van der Waals surface area (Å²) >= 11 is 0. The number of nitrogens with zero attached hydrogens (tertiary/aromatic N) is 2. The van der Waals surface area contributed by atoms with E-state index in [-0.39, 0.29) is 20.4 Å². The average molecular weight is 818 g/mol. The monoisotopic (exact) mass is 817 g/mol. The molecule has 302 valence electrons. The number of aryl methyl sites for hydroxylation is 2. The first-order valence-corrected chi connectivity index (χ1v) is 22.7. The Morgan fingerprint density at radius 1 is 0.434 bits per heavy atom. The van der Waals surface area contributed by atoms with Crippen LogP contribution in [-0.2, 0) is 33.3 Å². The van der Waals surface area contributed by atoms with E-state index in [0.29, 0.717) is 0 Å². The normalized spacial score (nSPS) is 12.2. The zero-order valence-electron chi connectivity index (χ0n) is 35.4. The maximum Gasteiger partial charge on any atom is 0.0636 e. The van der Waals surface area contributed by atoms with Crippen LogP contribution in [-0.4, -0.2) is 11.4 Å². The molecule has 3 heteroatoms. The number of allylic oxidation sites excluding steroid dienone is 1. The standard InChI is InChI=1S/C50H82N2.Pd/c1-6-11-14-16-18-19-20-21-22-23-24-25-26-27-28-30-34-44-37-40-47(41-38-44)51-50(36-31-29-17-15-12-7-2)49(35-13-8-3)52-48-42-39-45(32-9-4)46(43-48)33-10-5;/h30,34,37-43H,6-29,31-33,35-36H2,1-5H3;. The number of hydrogen-bond donors (Lipinski definition) is 0. The summed E-state index contributed by atoms with van der Waals surface area (Å²) < 4.78 is 0. The van der Waals surface area contributed by atoms with Gasteiger partial charge in [-0.3, -0.25) is 9.98 Å². The maximum atomic E-state index is 5.36. The fraction of sp³-hybridized carbons (Fsp3) is 0.680. The molecule has 0 atom stereocenters. The van der Waals surface area contributed by atoms with Gasteiger partial charge in [-0.25, -0.2) is 0 Å². The molecule has 0 amide bonds. The Kier molecular flexibility index (Phi) is 32.2. The molecule has 53 heavy (non-hydrogen) atoms. The van der Waals surface area contributed by atoms with Crippen molar-refractivity contribution >= 4 is 28.9 Å². The van der Waals surface area contributed by atoms with Crippen molar-refractivity contribution in [2.24, 2.45) is 9.98 Å². The van der Waals surface area contributed by atoms with Crippen LogP contribution in [0.4, 0.5) is 11.4 Å². The van der Waals surface area contributed by atoms with Gasteiger partial charge in [0.15, 0.2) is 0 Å². The van der Waals surface area contributed by atoms with Crippen molar-refractivity contribution in [1.82, 2.24) is 0 Å². The number of unbranched alkanes of at least 4 members (excludes halogenated alkanes) is 20. The summed E-state index contributed by atoms with van der Waals surface area (Å²) in [7, 11) is 0. The van der Waals surface area contributed by atoms with Crippen LogP contribution in [0.1, 0.15) is 225 Å². The summed E-state index contributed by atoms with van der Waals surface area (Å²) in [4.78, 5) is 10.7. The number of aliphatic imine (C=N–C) groups is 2. The molecule has 2 aromatic carbocycles. The third-order valence-electron chi connectivity index (χ3n) is 10.6. The van der Waals surface area contributed by atoms with E-state index in [9.17, 15) is 0 Å². The van der Waals surface area contributed by atoms with Crippen molar-refractivity contribution < 1.29 is 20.4 Å². The van der Waals surface area contributed by atoms with Crippen molar-refractivity contribution in [3.63, 3.8) is 0 Å². The molecule has 0 fully saturated rings. The zero-order chi connectivity index (χ0) is 37.3. The number of benzene rings is 2. The minimum Gasteiger partial charge on any atom is -0.252 e. The Balaban J connectivity index is 0.0000140. The van der Waals surface area contributed by atoms with Gasteiger partial charge >= 0.3 is 0 Å².